The number of hydrogen-bond donors (Lipinski definition) is 1. The summed E-state index contributed by atoms with van der Waals surface area (Å²) < 4.78 is 0.721. The molecule has 0 atom stereocenters. The molecule has 0 aliphatic carbocycles. The minimum atomic E-state index is 0.721. The minimum absolute atomic E-state index is 0.721. The number of H-pyrrole nitrogens is 1. The Hall–Kier alpha value is -0.700. The molecule has 1 N–H and O–H groups in total. The van der Waals surface area contributed by atoms with Gasteiger partial charge in [-0.3, -0.25) is 4.98 Å². The molecule has 1 aromatic rings. The highest BCUT2D eigenvalue weighted by molar-refractivity contribution is 7.71. The Morgan fingerprint density at radius 3 is 3.00 bits per heavy atom. The maximum absolute atomic E-state index is 4.93. The van der Waals surface area contributed by atoms with Gasteiger partial charge in [-0.1, -0.05) is 25.6 Å². The van der Waals surface area contributed by atoms with Gasteiger partial charge in [-0.2, -0.15) is 0 Å². The third kappa shape index (κ3) is 2.80. The van der Waals surface area contributed by atoms with Gasteiger partial charge in [-0.25, -0.2) is 0 Å². The normalized spacial score (nSPS) is 9.91. The van der Waals surface area contributed by atoms with Gasteiger partial charge in [0.2, 0.25) is 0 Å². The van der Waals surface area contributed by atoms with Crippen molar-refractivity contribution in [1.29, 1.82) is 0 Å². The SMILES string of the molecule is CCCCc1cncc(=S)[nH]1. The number of hydrogen-bond acceptors (Lipinski definition) is 2. The first-order valence-corrected chi connectivity index (χ1v) is 4.27. The topological polar surface area (TPSA) is 28.7 Å². The highest BCUT2D eigenvalue weighted by Crippen LogP contribution is 1.98. The average molecular weight is 168 g/mol. The van der Waals surface area contributed by atoms with Gasteiger partial charge in [0.05, 0.1) is 6.20 Å². The lowest BCUT2D eigenvalue weighted by atomic mass is 10.2. The second-order valence-corrected chi connectivity index (χ2v) is 2.97. The number of aryl methyl sites for hydroxylation is 1. The van der Waals surface area contributed by atoms with Gasteiger partial charge in [0.25, 0.3) is 0 Å². The minimum Gasteiger partial charge on any atom is -0.347 e. The first kappa shape index (κ1) is 8.40. The van der Waals surface area contributed by atoms with Crippen LogP contribution in [0.25, 0.3) is 0 Å². The molecular weight excluding hydrogens is 156 g/mol. The van der Waals surface area contributed by atoms with Gasteiger partial charge in [0.1, 0.15) is 4.64 Å². The van der Waals surface area contributed by atoms with Gasteiger partial charge in [-0.05, 0) is 12.8 Å². The van der Waals surface area contributed by atoms with Crippen LogP contribution < -0.4 is 0 Å². The number of nitrogens with zero attached hydrogens (tertiary/aromatic N) is 1. The van der Waals surface area contributed by atoms with Gasteiger partial charge in [0, 0.05) is 11.9 Å². The van der Waals surface area contributed by atoms with Crippen LogP contribution in [0.1, 0.15) is 25.5 Å². The molecule has 1 heterocycles. The summed E-state index contributed by atoms with van der Waals surface area (Å²) in [5.41, 5.74) is 1.14. The third-order valence-electron chi connectivity index (χ3n) is 1.51. The zero-order valence-electron chi connectivity index (χ0n) is 6.63. The Labute approximate surface area is 71.7 Å². The molecule has 0 amide bonds. The van der Waals surface area contributed by atoms with Gasteiger partial charge < -0.3 is 4.98 Å². The molecule has 0 bridgehead atoms. The van der Waals surface area contributed by atoms with Crippen molar-refractivity contribution in [3.05, 3.63) is 22.7 Å². The average Bonchev–Trinajstić information content (AvgIpc) is 2.01. The van der Waals surface area contributed by atoms with Crippen LogP contribution in [0.15, 0.2) is 12.4 Å². The first-order valence-electron chi connectivity index (χ1n) is 3.86. The van der Waals surface area contributed by atoms with Crippen LogP contribution in [0.2, 0.25) is 0 Å². The van der Waals surface area contributed by atoms with E-state index in [1.54, 1.807) is 6.20 Å². The molecule has 3 heteroatoms. The van der Waals surface area contributed by atoms with Crippen LogP contribution in [-0.2, 0) is 6.42 Å². The molecule has 0 aliphatic rings. The molecule has 1 rings (SSSR count). The largest absolute Gasteiger partial charge is 0.347 e. The highest BCUT2D eigenvalue weighted by atomic mass is 32.1. The van der Waals surface area contributed by atoms with E-state index in [1.165, 1.54) is 12.8 Å². The van der Waals surface area contributed by atoms with E-state index in [0.29, 0.717) is 0 Å². The molecule has 0 aliphatic heterocycles. The van der Waals surface area contributed by atoms with Crippen molar-refractivity contribution in [3.63, 3.8) is 0 Å². The smallest absolute Gasteiger partial charge is 0.121 e. The van der Waals surface area contributed by atoms with Crippen molar-refractivity contribution in [2.45, 2.75) is 26.2 Å². The third-order valence-corrected chi connectivity index (χ3v) is 1.71. The molecule has 0 unspecified atom stereocenters. The van der Waals surface area contributed by atoms with Crippen LogP contribution >= 0.6 is 12.2 Å². The zero-order valence-corrected chi connectivity index (χ0v) is 7.45. The number of unbranched alkanes of at least 4 members (excludes halogenated alkanes) is 1. The maximum Gasteiger partial charge on any atom is 0.121 e. The summed E-state index contributed by atoms with van der Waals surface area (Å²) in [5, 5.41) is 0. The Kier molecular flexibility index (Phi) is 3.23. The van der Waals surface area contributed by atoms with E-state index in [0.717, 1.165) is 16.8 Å². The van der Waals surface area contributed by atoms with Crippen molar-refractivity contribution in [2.75, 3.05) is 0 Å². The monoisotopic (exact) mass is 168 g/mol. The Morgan fingerprint density at radius 2 is 2.36 bits per heavy atom. The van der Waals surface area contributed by atoms with Crippen molar-refractivity contribution < 1.29 is 0 Å². The molecule has 1 aromatic heterocycles. The molecule has 2 nitrogen and oxygen atoms in total. The Balaban J connectivity index is 2.64. The standard InChI is InChI=1S/C8H12N2S/c1-2-3-4-7-5-9-6-8(11)10-7/h5-6H,2-4H2,1H3,(H,10,11). The van der Waals surface area contributed by atoms with Crippen molar-refractivity contribution in [1.82, 2.24) is 9.97 Å². The predicted octanol–water partition coefficient (Wildman–Crippen LogP) is 2.48. The summed E-state index contributed by atoms with van der Waals surface area (Å²) in [7, 11) is 0. The summed E-state index contributed by atoms with van der Waals surface area (Å²) >= 11 is 4.93. The second kappa shape index (κ2) is 4.23. The second-order valence-electron chi connectivity index (χ2n) is 2.53. The quantitative estimate of drug-likeness (QED) is 0.702. The molecule has 11 heavy (non-hydrogen) atoms. The number of aromatic nitrogens is 2. The number of aromatic amines is 1. The van der Waals surface area contributed by atoms with Crippen molar-refractivity contribution in [2.24, 2.45) is 0 Å². The maximum atomic E-state index is 4.93. The van der Waals surface area contributed by atoms with Gasteiger partial charge in [-0.15, -0.1) is 0 Å². The molecular formula is C8H12N2S. The highest BCUT2D eigenvalue weighted by Gasteiger charge is 1.90. The molecule has 0 saturated heterocycles. The van der Waals surface area contributed by atoms with Gasteiger partial charge in [0.15, 0.2) is 0 Å². The molecule has 0 radical (unpaired) electrons. The zero-order chi connectivity index (χ0) is 8.10. The number of rotatable bonds is 3. The Bertz CT molecular complexity index is 267. The summed E-state index contributed by atoms with van der Waals surface area (Å²) in [4.78, 5) is 7.10. The van der Waals surface area contributed by atoms with Crippen LogP contribution in [0.4, 0.5) is 0 Å². The van der Waals surface area contributed by atoms with Crippen LogP contribution in [0.3, 0.4) is 0 Å². The van der Waals surface area contributed by atoms with E-state index < -0.39 is 0 Å². The first-order chi connectivity index (χ1) is 5.33. The molecule has 0 spiro atoms. The van der Waals surface area contributed by atoms with E-state index in [1.807, 2.05) is 6.20 Å². The lowest BCUT2D eigenvalue weighted by Crippen LogP contribution is -1.90. The number of nitrogens with one attached hydrogen (secondary N) is 1. The van der Waals surface area contributed by atoms with E-state index in [9.17, 15) is 0 Å². The fraction of sp³-hybridized carbons (Fsp3) is 0.500. The Morgan fingerprint density at radius 1 is 1.55 bits per heavy atom. The van der Waals surface area contributed by atoms with E-state index >= 15 is 0 Å². The summed E-state index contributed by atoms with van der Waals surface area (Å²) in [6.45, 7) is 2.17. The fourth-order valence-electron chi connectivity index (χ4n) is 0.912. The van der Waals surface area contributed by atoms with Gasteiger partial charge >= 0.3 is 0 Å². The summed E-state index contributed by atoms with van der Waals surface area (Å²) in [6, 6.07) is 0. The van der Waals surface area contributed by atoms with E-state index in [-0.39, 0.29) is 0 Å². The molecule has 0 aromatic carbocycles. The fourth-order valence-corrected chi connectivity index (χ4v) is 1.10. The van der Waals surface area contributed by atoms with E-state index in [2.05, 4.69) is 16.9 Å². The van der Waals surface area contributed by atoms with Crippen molar-refractivity contribution >= 4 is 12.2 Å². The van der Waals surface area contributed by atoms with Crippen molar-refractivity contribution in [3.8, 4) is 0 Å². The predicted molar refractivity (Wildman–Crippen MR) is 48.0 cm³/mol. The molecule has 60 valence electrons. The summed E-state index contributed by atoms with van der Waals surface area (Å²) in [5.74, 6) is 0. The summed E-state index contributed by atoms with van der Waals surface area (Å²) in [6.07, 6.45) is 6.94. The van der Waals surface area contributed by atoms with E-state index in [4.69, 9.17) is 12.2 Å². The van der Waals surface area contributed by atoms with Crippen LogP contribution in [0.5, 0.6) is 0 Å². The van der Waals surface area contributed by atoms with Crippen LogP contribution in [0, 0.1) is 4.64 Å². The lowest BCUT2D eigenvalue weighted by molar-refractivity contribution is 0.770. The molecule has 0 saturated carbocycles. The van der Waals surface area contributed by atoms with Crippen LogP contribution in [-0.4, -0.2) is 9.97 Å². The molecule has 0 fully saturated rings. The lowest BCUT2D eigenvalue weighted by Gasteiger charge is -1.97.